The van der Waals surface area contributed by atoms with Crippen molar-refractivity contribution in [2.45, 2.75) is 60.3 Å². The molecule has 2 aromatic rings. The first kappa shape index (κ1) is 30.6. The van der Waals surface area contributed by atoms with Crippen molar-refractivity contribution >= 4 is 34.0 Å². The Hall–Kier alpha value is -4.98. The molecule has 0 heterocycles. The van der Waals surface area contributed by atoms with E-state index in [1.54, 1.807) is 24.3 Å². The lowest BCUT2D eigenvalue weighted by Crippen LogP contribution is -2.30. The van der Waals surface area contributed by atoms with Gasteiger partial charge in [-0.25, -0.2) is 4.99 Å². The van der Waals surface area contributed by atoms with Gasteiger partial charge in [-0.3, -0.25) is 4.79 Å². The van der Waals surface area contributed by atoms with Crippen molar-refractivity contribution in [2.75, 3.05) is 18.0 Å². The predicted octanol–water partition coefficient (Wildman–Crippen LogP) is 7.96. The van der Waals surface area contributed by atoms with E-state index in [4.69, 9.17) is 18.1 Å². The van der Waals surface area contributed by atoms with Crippen molar-refractivity contribution in [3.8, 4) is 12.1 Å². The number of nitrogens with zero attached hydrogens (tertiary/aromatic N) is 6. The first-order chi connectivity index (χ1) is 19.8. The molecule has 0 saturated heterocycles. The van der Waals surface area contributed by atoms with Gasteiger partial charge in [-0.05, 0) is 68.0 Å². The topological polar surface area (TPSA) is 89.0 Å². The van der Waals surface area contributed by atoms with E-state index in [1.807, 2.05) is 51.1 Å². The third-order valence-corrected chi connectivity index (χ3v) is 8.25. The number of carbonyl (C=O) groups excluding carboxylic acids is 1. The molecule has 0 atom stereocenters. The number of allylic oxidation sites excluding steroid dienone is 3. The number of hydrogen-bond donors (Lipinski definition) is 0. The molecule has 7 heteroatoms. The van der Waals surface area contributed by atoms with Crippen molar-refractivity contribution in [1.29, 1.82) is 10.5 Å². The smallest absolute Gasteiger partial charge is 0.372 e. The molecule has 2 aromatic carbocycles. The second-order valence-corrected chi connectivity index (χ2v) is 9.83. The summed E-state index contributed by atoms with van der Waals surface area (Å²) in [7, 11) is 0. The molecule has 1 aliphatic rings. The zero-order chi connectivity index (χ0) is 30.2. The van der Waals surface area contributed by atoms with Crippen LogP contribution in [0.1, 0.15) is 70.6 Å². The standard InChI is InChI=1S/C34H34N6O/c1-8-34(9-2,10-3)29(41)20-23-19-25(40(11-4)12-5)17-18-28(23)39-32-30(24(21-35)22-36)26-15-13-14-16-27(26)31(32)33(37-6)38-7/h13-19H,8-12,20H2,1-5H3. The molecule has 0 aliphatic heterocycles. The Morgan fingerprint density at radius 1 is 0.902 bits per heavy atom. The van der Waals surface area contributed by atoms with Gasteiger partial charge in [-0.1, -0.05) is 45.0 Å². The third kappa shape index (κ3) is 5.68. The minimum Gasteiger partial charge on any atom is -0.372 e. The van der Waals surface area contributed by atoms with Crippen LogP contribution in [0.5, 0.6) is 0 Å². The van der Waals surface area contributed by atoms with E-state index in [2.05, 4.69) is 28.4 Å². The first-order valence-electron chi connectivity index (χ1n) is 14.0. The normalized spacial score (nSPS) is 13.0. The number of aliphatic imine (C=N–C) groups is 1. The largest absolute Gasteiger partial charge is 0.529 e. The molecule has 0 fully saturated rings. The van der Waals surface area contributed by atoms with Gasteiger partial charge in [0.2, 0.25) is 0 Å². The van der Waals surface area contributed by atoms with Crippen LogP contribution < -0.4 is 4.90 Å². The fraction of sp³-hybridized carbons (Fsp3) is 0.353. The maximum Gasteiger partial charge on any atom is 0.529 e. The Labute approximate surface area is 243 Å². The average Bonchev–Trinajstić information content (AvgIpc) is 3.31. The number of hydrogen-bond acceptors (Lipinski definition) is 5. The number of fused-ring (bicyclic) bond motifs is 1. The Morgan fingerprint density at radius 3 is 1.95 bits per heavy atom. The van der Waals surface area contributed by atoms with Crippen LogP contribution in [-0.4, -0.2) is 24.6 Å². The molecule has 0 bridgehead atoms. The number of benzene rings is 2. The maximum absolute atomic E-state index is 13.8. The van der Waals surface area contributed by atoms with Crippen LogP contribution in [0.25, 0.3) is 20.8 Å². The lowest BCUT2D eigenvalue weighted by atomic mass is 9.74. The second kappa shape index (κ2) is 13.4. The summed E-state index contributed by atoms with van der Waals surface area (Å²) in [6.07, 6.45) is 2.38. The van der Waals surface area contributed by atoms with E-state index >= 15 is 0 Å². The number of nitriles is 2. The van der Waals surface area contributed by atoms with E-state index in [-0.39, 0.29) is 29.3 Å². The Bertz CT molecular complexity index is 1490. The summed E-state index contributed by atoms with van der Waals surface area (Å²) >= 11 is 0. The zero-order valence-corrected chi connectivity index (χ0v) is 24.4. The maximum atomic E-state index is 13.8. The zero-order valence-electron chi connectivity index (χ0n) is 24.4. The monoisotopic (exact) mass is 542 g/mol. The molecule has 0 radical (unpaired) electrons. The number of anilines is 1. The fourth-order valence-corrected chi connectivity index (χ4v) is 5.59. The molecule has 7 nitrogen and oxygen atoms in total. The van der Waals surface area contributed by atoms with Crippen molar-refractivity contribution in [2.24, 2.45) is 10.4 Å². The van der Waals surface area contributed by atoms with Crippen LogP contribution in [0.3, 0.4) is 0 Å². The molecular weight excluding hydrogens is 508 g/mol. The summed E-state index contributed by atoms with van der Waals surface area (Å²) in [5.41, 5.74) is 3.57. The molecule has 206 valence electrons. The highest BCUT2D eigenvalue weighted by Gasteiger charge is 2.37. The van der Waals surface area contributed by atoms with Crippen molar-refractivity contribution in [3.63, 3.8) is 0 Å². The lowest BCUT2D eigenvalue weighted by Gasteiger charge is -2.29. The molecule has 1 aliphatic carbocycles. The highest BCUT2D eigenvalue weighted by Crippen LogP contribution is 2.44. The predicted molar refractivity (Wildman–Crippen MR) is 164 cm³/mol. The van der Waals surface area contributed by atoms with E-state index < -0.39 is 5.41 Å². The summed E-state index contributed by atoms with van der Waals surface area (Å²) < 4.78 is 0. The molecule has 0 spiro atoms. The fourth-order valence-electron chi connectivity index (χ4n) is 5.59. The summed E-state index contributed by atoms with van der Waals surface area (Å²) in [5.74, 6) is -0.0529. The van der Waals surface area contributed by atoms with Crippen LogP contribution in [0.2, 0.25) is 0 Å². The van der Waals surface area contributed by atoms with Gasteiger partial charge in [-0.2, -0.15) is 20.2 Å². The summed E-state index contributed by atoms with van der Waals surface area (Å²) in [4.78, 5) is 27.9. The van der Waals surface area contributed by atoms with Crippen LogP contribution in [0.15, 0.2) is 58.9 Å². The van der Waals surface area contributed by atoms with E-state index in [0.29, 0.717) is 28.0 Å². The van der Waals surface area contributed by atoms with Gasteiger partial charge < -0.3 is 4.90 Å². The summed E-state index contributed by atoms with van der Waals surface area (Å²) in [6, 6.07) is 16.8. The Kier molecular flexibility index (Phi) is 9.98. The molecule has 3 rings (SSSR count). The van der Waals surface area contributed by atoms with Crippen molar-refractivity contribution < 1.29 is 4.79 Å². The van der Waals surface area contributed by atoms with E-state index in [0.717, 1.165) is 43.6 Å². The SMILES string of the molecule is [C-]#[N+]C([N+]#[C-])=C1C(=Nc2ccc(N(CC)CC)cc2CC(=O)C(CC)(CC)CC)C(=C(C#N)C#N)c2ccccc21. The average molecular weight is 543 g/mol. The first-order valence-corrected chi connectivity index (χ1v) is 14.0. The van der Waals surface area contributed by atoms with Crippen LogP contribution in [-0.2, 0) is 11.2 Å². The van der Waals surface area contributed by atoms with Gasteiger partial charge in [0.05, 0.1) is 11.4 Å². The minimum atomic E-state index is -0.439. The van der Waals surface area contributed by atoms with Gasteiger partial charge in [0.1, 0.15) is 42.2 Å². The number of carbonyl (C=O) groups is 1. The number of rotatable bonds is 10. The van der Waals surface area contributed by atoms with E-state index in [1.165, 1.54) is 0 Å². The van der Waals surface area contributed by atoms with Crippen molar-refractivity contribution in [1.82, 2.24) is 0 Å². The molecule has 41 heavy (non-hydrogen) atoms. The van der Waals surface area contributed by atoms with Crippen LogP contribution >= 0.6 is 0 Å². The highest BCUT2D eigenvalue weighted by atomic mass is 16.1. The van der Waals surface area contributed by atoms with Gasteiger partial charge >= 0.3 is 5.82 Å². The second-order valence-electron chi connectivity index (χ2n) is 9.83. The molecular formula is C34H34N6O. The molecule has 0 unspecified atom stereocenters. The number of Topliss-reactive ketones (excluding diaryl/α,β-unsaturated/α-hetero) is 1. The quantitative estimate of drug-likeness (QED) is 0.225. The van der Waals surface area contributed by atoms with Gasteiger partial charge in [0, 0.05) is 36.2 Å². The molecule has 0 saturated carbocycles. The minimum absolute atomic E-state index is 0.141. The van der Waals surface area contributed by atoms with E-state index in [9.17, 15) is 15.3 Å². The molecule has 0 aromatic heterocycles. The summed E-state index contributed by atoms with van der Waals surface area (Å²) in [5, 5.41) is 19.7. The van der Waals surface area contributed by atoms with Crippen LogP contribution in [0.4, 0.5) is 11.4 Å². The lowest BCUT2D eigenvalue weighted by molar-refractivity contribution is -0.128. The van der Waals surface area contributed by atoms with Gasteiger partial charge in [0.25, 0.3) is 0 Å². The van der Waals surface area contributed by atoms with Crippen LogP contribution in [0, 0.1) is 41.2 Å². The third-order valence-electron chi connectivity index (χ3n) is 8.25. The van der Waals surface area contributed by atoms with Gasteiger partial charge in [-0.15, -0.1) is 0 Å². The molecule has 0 amide bonds. The molecule has 0 N–H and O–H groups in total. The summed E-state index contributed by atoms with van der Waals surface area (Å²) in [6.45, 7) is 27.2. The van der Waals surface area contributed by atoms with Gasteiger partial charge in [0.15, 0.2) is 0 Å². The Balaban J connectivity index is 2.41. The highest BCUT2D eigenvalue weighted by molar-refractivity contribution is 6.51. The van der Waals surface area contributed by atoms with Crippen molar-refractivity contribution in [3.05, 3.63) is 93.4 Å². The Morgan fingerprint density at radius 2 is 1.46 bits per heavy atom. The number of ketones is 1.